The van der Waals surface area contributed by atoms with E-state index in [1.807, 2.05) is 18.2 Å². The van der Waals surface area contributed by atoms with Crippen molar-refractivity contribution in [3.63, 3.8) is 0 Å². The molecule has 0 fully saturated rings. The fourth-order valence-corrected chi connectivity index (χ4v) is 2.26. The standard InChI is InChI=1S/C18H20N2O6/c19-14-8-12(6-7-13(14)17(23)24)16(22)15(21)9-20-18(25)26-10-11-4-2-1-3-5-11/h1-8,15-16,21-22H,9-10,19H2,(H,20,25)(H,23,24). The van der Waals surface area contributed by atoms with E-state index in [-0.39, 0.29) is 30.0 Å². The predicted octanol–water partition coefficient (Wildman–Crippen LogP) is 1.29. The molecule has 6 N–H and O–H groups in total. The molecule has 8 nitrogen and oxygen atoms in total. The van der Waals surface area contributed by atoms with Crippen LogP contribution in [0.25, 0.3) is 0 Å². The minimum atomic E-state index is -1.35. The third kappa shape index (κ3) is 5.20. The smallest absolute Gasteiger partial charge is 0.407 e. The molecule has 0 spiro atoms. The average Bonchev–Trinajstić information content (AvgIpc) is 2.64. The SMILES string of the molecule is Nc1cc(C(O)C(O)CNC(=O)OCc2ccccc2)ccc1C(=O)O. The van der Waals surface area contributed by atoms with E-state index in [9.17, 15) is 19.8 Å². The molecule has 2 unspecified atom stereocenters. The van der Waals surface area contributed by atoms with E-state index < -0.39 is 24.3 Å². The summed E-state index contributed by atoms with van der Waals surface area (Å²) < 4.78 is 5.00. The Kier molecular flexibility index (Phi) is 6.54. The number of hydrogen-bond acceptors (Lipinski definition) is 6. The summed E-state index contributed by atoms with van der Waals surface area (Å²) >= 11 is 0. The van der Waals surface area contributed by atoms with Crippen LogP contribution in [0.3, 0.4) is 0 Å². The first-order valence-corrected chi connectivity index (χ1v) is 7.82. The van der Waals surface area contributed by atoms with Crippen LogP contribution >= 0.6 is 0 Å². The van der Waals surface area contributed by atoms with Crippen molar-refractivity contribution in [2.24, 2.45) is 0 Å². The summed E-state index contributed by atoms with van der Waals surface area (Å²) in [6, 6.07) is 12.9. The number of alkyl carbamates (subject to hydrolysis) is 1. The fourth-order valence-electron chi connectivity index (χ4n) is 2.26. The highest BCUT2D eigenvalue weighted by atomic mass is 16.5. The van der Waals surface area contributed by atoms with Crippen LogP contribution in [-0.4, -0.2) is 40.0 Å². The molecule has 2 aromatic rings. The Morgan fingerprint density at radius 1 is 1.12 bits per heavy atom. The minimum Gasteiger partial charge on any atom is -0.478 e. The van der Waals surface area contributed by atoms with Gasteiger partial charge in [0, 0.05) is 12.2 Å². The van der Waals surface area contributed by atoms with Crippen LogP contribution in [0.15, 0.2) is 48.5 Å². The maximum atomic E-state index is 11.6. The zero-order chi connectivity index (χ0) is 19.1. The monoisotopic (exact) mass is 360 g/mol. The zero-order valence-electron chi connectivity index (χ0n) is 13.8. The van der Waals surface area contributed by atoms with Gasteiger partial charge >= 0.3 is 12.1 Å². The number of carbonyl (C=O) groups is 2. The van der Waals surface area contributed by atoms with Gasteiger partial charge in [0.1, 0.15) is 18.8 Å². The van der Waals surface area contributed by atoms with Crippen molar-refractivity contribution in [2.75, 3.05) is 12.3 Å². The highest BCUT2D eigenvalue weighted by Crippen LogP contribution is 2.22. The number of ether oxygens (including phenoxy) is 1. The summed E-state index contributed by atoms with van der Waals surface area (Å²) in [4.78, 5) is 22.6. The molecule has 0 bridgehead atoms. The van der Waals surface area contributed by atoms with E-state index in [1.54, 1.807) is 12.1 Å². The number of aromatic carboxylic acids is 1. The van der Waals surface area contributed by atoms with E-state index >= 15 is 0 Å². The summed E-state index contributed by atoms with van der Waals surface area (Å²) in [6.07, 6.45) is -3.41. The first-order chi connectivity index (χ1) is 12.4. The molecular formula is C18H20N2O6. The molecule has 0 aliphatic heterocycles. The van der Waals surface area contributed by atoms with E-state index in [1.165, 1.54) is 18.2 Å². The molecule has 0 saturated carbocycles. The molecule has 0 aliphatic carbocycles. The van der Waals surface area contributed by atoms with E-state index in [2.05, 4.69) is 5.32 Å². The van der Waals surface area contributed by atoms with Crippen LogP contribution in [0.2, 0.25) is 0 Å². The van der Waals surface area contributed by atoms with Gasteiger partial charge in [-0.25, -0.2) is 9.59 Å². The molecule has 0 heterocycles. The zero-order valence-corrected chi connectivity index (χ0v) is 13.8. The number of benzene rings is 2. The summed E-state index contributed by atoms with van der Waals surface area (Å²) in [5.41, 5.74) is 6.54. The highest BCUT2D eigenvalue weighted by Gasteiger charge is 2.21. The van der Waals surface area contributed by atoms with E-state index in [0.29, 0.717) is 0 Å². The van der Waals surface area contributed by atoms with Gasteiger partial charge in [0.05, 0.1) is 5.56 Å². The molecule has 0 saturated heterocycles. The largest absolute Gasteiger partial charge is 0.478 e. The third-order valence-corrected chi connectivity index (χ3v) is 3.68. The number of aliphatic hydroxyl groups is 2. The van der Waals surface area contributed by atoms with Crippen molar-refractivity contribution < 1.29 is 29.6 Å². The Labute approximate surface area is 149 Å². The molecule has 2 atom stereocenters. The Morgan fingerprint density at radius 3 is 2.42 bits per heavy atom. The first-order valence-electron chi connectivity index (χ1n) is 7.82. The van der Waals surface area contributed by atoms with Gasteiger partial charge < -0.3 is 31.1 Å². The van der Waals surface area contributed by atoms with Gasteiger partial charge in [0.15, 0.2) is 0 Å². The molecule has 0 aromatic heterocycles. The average molecular weight is 360 g/mol. The van der Waals surface area contributed by atoms with Crippen LogP contribution in [0.5, 0.6) is 0 Å². The third-order valence-electron chi connectivity index (χ3n) is 3.68. The lowest BCUT2D eigenvalue weighted by Crippen LogP contribution is -2.35. The lowest BCUT2D eigenvalue weighted by atomic mass is 10.0. The first kappa shape index (κ1) is 19.2. The predicted molar refractivity (Wildman–Crippen MR) is 93.4 cm³/mol. The van der Waals surface area contributed by atoms with Crippen molar-refractivity contribution in [3.8, 4) is 0 Å². The number of nitrogens with one attached hydrogen (secondary N) is 1. The lowest BCUT2D eigenvalue weighted by Gasteiger charge is -2.19. The van der Waals surface area contributed by atoms with Crippen LogP contribution in [0.1, 0.15) is 27.6 Å². The number of anilines is 1. The van der Waals surface area contributed by atoms with Crippen LogP contribution in [0.4, 0.5) is 10.5 Å². The van der Waals surface area contributed by atoms with Crippen LogP contribution in [0, 0.1) is 0 Å². The molecule has 2 rings (SSSR count). The van der Waals surface area contributed by atoms with E-state index in [4.69, 9.17) is 15.6 Å². The number of nitrogen functional groups attached to an aromatic ring is 1. The lowest BCUT2D eigenvalue weighted by molar-refractivity contribution is 0.0184. The minimum absolute atomic E-state index is 0.0310. The number of carboxylic acid groups (broad SMARTS) is 1. The van der Waals surface area contributed by atoms with Gasteiger partial charge in [-0.05, 0) is 23.3 Å². The van der Waals surface area contributed by atoms with Crippen molar-refractivity contribution >= 4 is 17.7 Å². The van der Waals surface area contributed by atoms with Gasteiger partial charge in [-0.3, -0.25) is 0 Å². The van der Waals surface area contributed by atoms with Crippen molar-refractivity contribution in [2.45, 2.75) is 18.8 Å². The van der Waals surface area contributed by atoms with Crippen molar-refractivity contribution in [3.05, 3.63) is 65.2 Å². The molecule has 1 amide bonds. The molecule has 8 heteroatoms. The van der Waals surface area contributed by atoms with Gasteiger partial charge in [0.2, 0.25) is 0 Å². The Balaban J connectivity index is 1.84. The quantitative estimate of drug-likeness (QED) is 0.468. The number of carboxylic acids is 1. The highest BCUT2D eigenvalue weighted by molar-refractivity contribution is 5.93. The number of nitrogens with two attached hydrogens (primary N) is 1. The maximum Gasteiger partial charge on any atom is 0.407 e. The second-order valence-electron chi connectivity index (χ2n) is 5.61. The molecule has 26 heavy (non-hydrogen) atoms. The second kappa shape index (κ2) is 8.84. The van der Waals surface area contributed by atoms with Gasteiger partial charge in [0.25, 0.3) is 0 Å². The summed E-state index contributed by atoms with van der Waals surface area (Å²) in [5, 5.41) is 31.4. The molecule has 2 aromatic carbocycles. The summed E-state index contributed by atoms with van der Waals surface area (Å²) in [7, 11) is 0. The number of rotatable bonds is 7. The molecule has 0 aliphatic rings. The summed E-state index contributed by atoms with van der Waals surface area (Å²) in [5.74, 6) is -1.19. The fraction of sp³-hybridized carbons (Fsp3) is 0.222. The number of aliphatic hydroxyl groups excluding tert-OH is 2. The molecule has 138 valence electrons. The number of carbonyl (C=O) groups excluding carboxylic acids is 1. The Bertz CT molecular complexity index is 766. The Hall–Kier alpha value is -3.10. The van der Waals surface area contributed by atoms with Crippen LogP contribution in [-0.2, 0) is 11.3 Å². The molecular weight excluding hydrogens is 340 g/mol. The maximum absolute atomic E-state index is 11.6. The van der Waals surface area contributed by atoms with Gasteiger partial charge in [-0.1, -0.05) is 36.4 Å². The normalized spacial score (nSPS) is 12.8. The van der Waals surface area contributed by atoms with Gasteiger partial charge in [-0.15, -0.1) is 0 Å². The second-order valence-corrected chi connectivity index (χ2v) is 5.61. The van der Waals surface area contributed by atoms with Gasteiger partial charge in [-0.2, -0.15) is 0 Å². The number of hydrogen-bond donors (Lipinski definition) is 5. The Morgan fingerprint density at radius 2 is 1.81 bits per heavy atom. The van der Waals surface area contributed by atoms with Crippen LogP contribution < -0.4 is 11.1 Å². The topological polar surface area (TPSA) is 142 Å². The molecule has 0 radical (unpaired) electrons. The van der Waals surface area contributed by atoms with Crippen molar-refractivity contribution in [1.82, 2.24) is 5.32 Å². The number of amides is 1. The van der Waals surface area contributed by atoms with Crippen molar-refractivity contribution in [1.29, 1.82) is 0 Å². The summed E-state index contributed by atoms with van der Waals surface area (Å²) in [6.45, 7) is -0.173. The van der Waals surface area contributed by atoms with E-state index in [0.717, 1.165) is 5.56 Å².